The van der Waals surface area contributed by atoms with E-state index in [1.165, 1.54) is 5.56 Å². The summed E-state index contributed by atoms with van der Waals surface area (Å²) in [5.74, 6) is -0.452. The summed E-state index contributed by atoms with van der Waals surface area (Å²) >= 11 is 0. The molecule has 2 saturated heterocycles. The zero-order valence-electron chi connectivity index (χ0n) is 16.2. The van der Waals surface area contributed by atoms with E-state index in [-0.39, 0.29) is 11.4 Å². The molecule has 1 aromatic carbocycles. The van der Waals surface area contributed by atoms with Crippen LogP contribution < -0.4 is 10.6 Å². The van der Waals surface area contributed by atoms with Crippen LogP contribution >= 0.6 is 0 Å². The molecule has 3 amide bonds. The summed E-state index contributed by atoms with van der Waals surface area (Å²) in [4.78, 5) is 30.2. The Bertz CT molecular complexity index is 698. The number of carbonyl (C=O) groups is 2. The lowest BCUT2D eigenvalue weighted by Gasteiger charge is -2.28. The van der Waals surface area contributed by atoms with Crippen molar-refractivity contribution >= 4 is 17.6 Å². The Morgan fingerprint density at radius 1 is 1.27 bits per heavy atom. The standard InChI is InChI=1S/C20H29N4O2/c1-19(2,11-13-22(3)4)15-6-8-16(9-7-15)23-14-20(17(21)25)10-5-12-24(20)18(23)26/h6-10H,5,11-14H2,1-4H3,(H2,21,25)/t20-/m1/s1. The second-order valence-electron chi connectivity index (χ2n) is 8.29. The van der Waals surface area contributed by atoms with Gasteiger partial charge in [0, 0.05) is 18.7 Å². The van der Waals surface area contributed by atoms with Gasteiger partial charge in [-0.25, -0.2) is 4.79 Å². The fraction of sp³-hybridized carbons (Fsp3) is 0.550. The number of rotatable bonds is 6. The van der Waals surface area contributed by atoms with Crippen molar-refractivity contribution < 1.29 is 9.59 Å². The van der Waals surface area contributed by atoms with Crippen LogP contribution in [0, 0.1) is 6.42 Å². The molecule has 0 spiro atoms. The predicted octanol–water partition coefficient (Wildman–Crippen LogP) is 1.99. The summed E-state index contributed by atoms with van der Waals surface area (Å²) in [7, 11) is 4.16. The van der Waals surface area contributed by atoms with Gasteiger partial charge in [0.15, 0.2) is 0 Å². The van der Waals surface area contributed by atoms with E-state index in [0.717, 1.165) is 18.7 Å². The highest BCUT2D eigenvalue weighted by atomic mass is 16.2. The Balaban J connectivity index is 1.79. The topological polar surface area (TPSA) is 69.9 Å². The number of fused-ring (bicyclic) bond motifs is 1. The third kappa shape index (κ3) is 3.07. The predicted molar refractivity (Wildman–Crippen MR) is 103 cm³/mol. The molecule has 0 aromatic heterocycles. The minimum absolute atomic E-state index is 0.0556. The van der Waals surface area contributed by atoms with Gasteiger partial charge in [-0.3, -0.25) is 9.69 Å². The Hall–Kier alpha value is -2.08. The second kappa shape index (κ2) is 6.58. The molecule has 1 radical (unpaired) electrons. The van der Waals surface area contributed by atoms with E-state index in [2.05, 4.69) is 45.0 Å². The van der Waals surface area contributed by atoms with Crippen molar-refractivity contribution in [1.82, 2.24) is 9.80 Å². The lowest BCUT2D eigenvalue weighted by atomic mass is 9.81. The van der Waals surface area contributed by atoms with E-state index in [9.17, 15) is 9.59 Å². The van der Waals surface area contributed by atoms with Crippen LogP contribution in [0.5, 0.6) is 0 Å². The summed E-state index contributed by atoms with van der Waals surface area (Å²) < 4.78 is 0. The van der Waals surface area contributed by atoms with E-state index >= 15 is 0 Å². The molecule has 2 aliphatic heterocycles. The van der Waals surface area contributed by atoms with Crippen LogP contribution in [-0.4, -0.2) is 61.0 Å². The number of nitrogens with zero attached hydrogens (tertiary/aromatic N) is 3. The SMILES string of the molecule is CN(C)CCC(C)(C)c1ccc(N2C[C@@]3(C(N)=O)[CH]CCN3C2=O)cc1. The molecule has 0 unspecified atom stereocenters. The third-order valence-electron chi connectivity index (χ3n) is 5.75. The minimum atomic E-state index is -0.958. The van der Waals surface area contributed by atoms with Crippen molar-refractivity contribution in [3.05, 3.63) is 36.2 Å². The van der Waals surface area contributed by atoms with Crippen LogP contribution in [0.2, 0.25) is 0 Å². The van der Waals surface area contributed by atoms with Gasteiger partial charge < -0.3 is 15.5 Å². The van der Waals surface area contributed by atoms with Crippen molar-refractivity contribution in [3.63, 3.8) is 0 Å². The summed E-state index contributed by atoms with van der Waals surface area (Å²) in [5.41, 5.74) is 6.77. The normalized spacial score (nSPS) is 23.0. The molecule has 2 N–H and O–H groups in total. The molecule has 141 valence electrons. The van der Waals surface area contributed by atoms with Crippen LogP contribution in [0.25, 0.3) is 0 Å². The fourth-order valence-corrected chi connectivity index (χ4v) is 3.87. The van der Waals surface area contributed by atoms with Crippen LogP contribution in [0.4, 0.5) is 10.5 Å². The lowest BCUT2D eigenvalue weighted by Crippen LogP contribution is -2.53. The van der Waals surface area contributed by atoms with Gasteiger partial charge in [0.1, 0.15) is 5.54 Å². The highest BCUT2D eigenvalue weighted by Crippen LogP contribution is 2.38. The molecule has 0 aliphatic carbocycles. The molecule has 3 rings (SSSR count). The number of amides is 3. The van der Waals surface area contributed by atoms with Gasteiger partial charge in [-0.15, -0.1) is 0 Å². The van der Waals surface area contributed by atoms with Crippen molar-refractivity contribution in [3.8, 4) is 0 Å². The Labute approximate surface area is 155 Å². The van der Waals surface area contributed by atoms with E-state index < -0.39 is 11.4 Å². The van der Waals surface area contributed by atoms with E-state index in [4.69, 9.17) is 5.73 Å². The van der Waals surface area contributed by atoms with E-state index in [0.29, 0.717) is 19.5 Å². The maximum absolute atomic E-state index is 12.8. The number of hydrogen-bond donors (Lipinski definition) is 1. The monoisotopic (exact) mass is 357 g/mol. The van der Waals surface area contributed by atoms with Crippen LogP contribution in [0.3, 0.4) is 0 Å². The van der Waals surface area contributed by atoms with Crippen LogP contribution in [0.15, 0.2) is 24.3 Å². The average Bonchev–Trinajstić information content (AvgIpc) is 3.13. The molecular formula is C20H29N4O2. The number of anilines is 1. The van der Waals surface area contributed by atoms with Crippen molar-refractivity contribution in [2.24, 2.45) is 5.73 Å². The van der Waals surface area contributed by atoms with Gasteiger partial charge >= 0.3 is 6.03 Å². The fourth-order valence-electron chi connectivity index (χ4n) is 3.87. The Morgan fingerprint density at radius 3 is 2.46 bits per heavy atom. The van der Waals surface area contributed by atoms with Gasteiger partial charge in [-0.2, -0.15) is 0 Å². The highest BCUT2D eigenvalue weighted by Gasteiger charge is 2.56. The summed E-state index contributed by atoms with van der Waals surface area (Å²) in [6.07, 6.45) is 3.64. The molecule has 0 bridgehead atoms. The largest absolute Gasteiger partial charge is 0.368 e. The van der Waals surface area contributed by atoms with Gasteiger partial charge in [-0.05, 0) is 56.6 Å². The molecule has 1 atom stereocenters. The van der Waals surface area contributed by atoms with Gasteiger partial charge in [0.25, 0.3) is 0 Å². The first-order valence-corrected chi connectivity index (χ1v) is 9.16. The minimum Gasteiger partial charge on any atom is -0.368 e. The zero-order valence-corrected chi connectivity index (χ0v) is 16.2. The maximum Gasteiger partial charge on any atom is 0.325 e. The van der Waals surface area contributed by atoms with E-state index in [1.807, 2.05) is 18.6 Å². The van der Waals surface area contributed by atoms with E-state index in [1.54, 1.807) is 9.80 Å². The molecule has 0 saturated carbocycles. The van der Waals surface area contributed by atoms with Gasteiger partial charge in [0.05, 0.1) is 6.54 Å². The Morgan fingerprint density at radius 2 is 1.92 bits per heavy atom. The number of nitrogens with two attached hydrogens (primary N) is 1. The number of carbonyl (C=O) groups excluding carboxylic acids is 2. The molecule has 2 fully saturated rings. The molecule has 2 heterocycles. The number of hydrogen-bond acceptors (Lipinski definition) is 3. The molecule has 6 heteroatoms. The van der Waals surface area contributed by atoms with Crippen LogP contribution in [-0.2, 0) is 10.2 Å². The van der Waals surface area contributed by atoms with Crippen molar-refractivity contribution in [2.45, 2.75) is 37.6 Å². The lowest BCUT2D eigenvalue weighted by molar-refractivity contribution is -0.124. The third-order valence-corrected chi connectivity index (χ3v) is 5.75. The maximum atomic E-state index is 12.8. The smallest absolute Gasteiger partial charge is 0.325 e. The number of urea groups is 1. The first-order valence-electron chi connectivity index (χ1n) is 9.16. The Kier molecular flexibility index (Phi) is 4.73. The summed E-state index contributed by atoms with van der Waals surface area (Å²) in [6.45, 7) is 6.34. The van der Waals surface area contributed by atoms with Crippen molar-refractivity contribution in [1.29, 1.82) is 0 Å². The van der Waals surface area contributed by atoms with Crippen molar-refractivity contribution in [2.75, 3.05) is 38.6 Å². The van der Waals surface area contributed by atoms with Crippen LogP contribution in [0.1, 0.15) is 32.3 Å². The number of benzene rings is 1. The van der Waals surface area contributed by atoms with Gasteiger partial charge in [-0.1, -0.05) is 26.0 Å². The molecule has 6 nitrogen and oxygen atoms in total. The second-order valence-corrected chi connectivity index (χ2v) is 8.29. The number of primary amides is 1. The molecular weight excluding hydrogens is 328 g/mol. The summed E-state index contributed by atoms with van der Waals surface area (Å²) in [6, 6.07) is 7.98. The molecule has 26 heavy (non-hydrogen) atoms. The average molecular weight is 357 g/mol. The molecule has 2 aliphatic rings. The first kappa shape index (κ1) is 18.7. The first-order chi connectivity index (χ1) is 12.2. The summed E-state index contributed by atoms with van der Waals surface area (Å²) in [5, 5.41) is 0. The quantitative estimate of drug-likeness (QED) is 0.846. The van der Waals surface area contributed by atoms with Gasteiger partial charge in [0.2, 0.25) is 5.91 Å². The zero-order chi connectivity index (χ0) is 19.1. The highest BCUT2D eigenvalue weighted by molar-refractivity contribution is 6.04. The molecule has 1 aromatic rings.